The zero-order valence-electron chi connectivity index (χ0n) is 12.8. The van der Waals surface area contributed by atoms with E-state index in [1.807, 2.05) is 17.0 Å². The maximum absolute atomic E-state index is 12.5. The summed E-state index contributed by atoms with van der Waals surface area (Å²) in [7, 11) is 0. The minimum absolute atomic E-state index is 0.0812. The van der Waals surface area contributed by atoms with Gasteiger partial charge >= 0.3 is 0 Å². The summed E-state index contributed by atoms with van der Waals surface area (Å²) in [6, 6.07) is 5.41. The average Bonchev–Trinajstić information content (AvgIpc) is 2.48. The van der Waals surface area contributed by atoms with E-state index in [9.17, 15) is 4.79 Å². The lowest BCUT2D eigenvalue weighted by molar-refractivity contribution is 0.0632. The molecule has 5 heteroatoms. The summed E-state index contributed by atoms with van der Waals surface area (Å²) in [6.45, 7) is 9.15. The van der Waals surface area contributed by atoms with E-state index >= 15 is 0 Å². The third-order valence-electron chi connectivity index (χ3n) is 3.93. The molecule has 116 valence electrons. The van der Waals surface area contributed by atoms with Crippen LogP contribution in [0.25, 0.3) is 0 Å². The third-order valence-corrected chi connectivity index (χ3v) is 4.65. The SMILES string of the molecule is CC(C)CCN1CCN(C(=O)c2ccc(Br)c(N)c2)CC1. The Morgan fingerprint density at radius 1 is 1.29 bits per heavy atom. The van der Waals surface area contributed by atoms with Crippen molar-refractivity contribution in [1.82, 2.24) is 9.80 Å². The van der Waals surface area contributed by atoms with Crippen LogP contribution in [0.15, 0.2) is 22.7 Å². The standard InChI is InChI=1S/C16H24BrN3O/c1-12(2)5-6-19-7-9-20(10-8-19)16(21)13-3-4-14(17)15(18)11-13/h3-4,11-12H,5-10,18H2,1-2H3. The van der Waals surface area contributed by atoms with Crippen LogP contribution in [-0.4, -0.2) is 48.4 Å². The Kier molecular flexibility index (Phi) is 5.65. The fraction of sp³-hybridized carbons (Fsp3) is 0.562. The first-order chi connectivity index (χ1) is 9.97. The van der Waals surface area contributed by atoms with Crippen LogP contribution >= 0.6 is 15.9 Å². The van der Waals surface area contributed by atoms with Gasteiger partial charge in [-0.15, -0.1) is 0 Å². The molecule has 1 saturated heterocycles. The molecule has 0 atom stereocenters. The van der Waals surface area contributed by atoms with E-state index < -0.39 is 0 Å². The van der Waals surface area contributed by atoms with Gasteiger partial charge in [0, 0.05) is 41.9 Å². The van der Waals surface area contributed by atoms with E-state index in [0.29, 0.717) is 11.3 Å². The molecule has 0 aliphatic carbocycles. The smallest absolute Gasteiger partial charge is 0.254 e. The van der Waals surface area contributed by atoms with Gasteiger partial charge in [-0.05, 0) is 53.0 Å². The zero-order valence-corrected chi connectivity index (χ0v) is 14.4. The van der Waals surface area contributed by atoms with Crippen LogP contribution in [0.4, 0.5) is 5.69 Å². The molecule has 0 unspecified atom stereocenters. The van der Waals surface area contributed by atoms with Gasteiger partial charge in [0.25, 0.3) is 5.91 Å². The number of halogens is 1. The molecule has 1 aliphatic heterocycles. The van der Waals surface area contributed by atoms with Gasteiger partial charge in [0.2, 0.25) is 0 Å². The van der Waals surface area contributed by atoms with Gasteiger partial charge in [-0.3, -0.25) is 9.69 Å². The fourth-order valence-corrected chi connectivity index (χ4v) is 2.72. The number of rotatable bonds is 4. The normalized spacial score (nSPS) is 16.5. The fourth-order valence-electron chi connectivity index (χ4n) is 2.47. The Balaban J connectivity index is 1.89. The molecule has 1 heterocycles. The quantitative estimate of drug-likeness (QED) is 0.846. The first-order valence-electron chi connectivity index (χ1n) is 7.54. The van der Waals surface area contributed by atoms with E-state index in [-0.39, 0.29) is 5.91 Å². The van der Waals surface area contributed by atoms with Crippen LogP contribution in [0.5, 0.6) is 0 Å². The van der Waals surface area contributed by atoms with E-state index in [4.69, 9.17) is 5.73 Å². The predicted octanol–water partition coefficient (Wildman–Crippen LogP) is 2.84. The topological polar surface area (TPSA) is 49.6 Å². The van der Waals surface area contributed by atoms with Crippen molar-refractivity contribution in [2.24, 2.45) is 5.92 Å². The number of nitrogen functional groups attached to an aromatic ring is 1. The molecule has 2 N–H and O–H groups in total. The number of piperazine rings is 1. The lowest BCUT2D eigenvalue weighted by atomic mass is 10.1. The van der Waals surface area contributed by atoms with Gasteiger partial charge in [-0.25, -0.2) is 0 Å². The molecule has 1 aliphatic rings. The number of nitrogens with zero attached hydrogens (tertiary/aromatic N) is 2. The van der Waals surface area contributed by atoms with Gasteiger partial charge < -0.3 is 10.6 Å². The molecular weight excluding hydrogens is 330 g/mol. The van der Waals surface area contributed by atoms with E-state index in [1.165, 1.54) is 6.42 Å². The van der Waals surface area contributed by atoms with Crippen molar-refractivity contribution in [3.8, 4) is 0 Å². The highest BCUT2D eigenvalue weighted by atomic mass is 79.9. The molecule has 1 fully saturated rings. The van der Waals surface area contributed by atoms with Crippen LogP contribution in [0, 0.1) is 5.92 Å². The molecule has 0 aromatic heterocycles. The Bertz CT molecular complexity index is 496. The lowest BCUT2D eigenvalue weighted by Gasteiger charge is -2.35. The average molecular weight is 354 g/mol. The van der Waals surface area contributed by atoms with Crippen molar-refractivity contribution in [3.05, 3.63) is 28.2 Å². The summed E-state index contributed by atoms with van der Waals surface area (Å²) in [5, 5.41) is 0. The molecule has 4 nitrogen and oxygen atoms in total. The van der Waals surface area contributed by atoms with Crippen LogP contribution in [0.2, 0.25) is 0 Å². The first kappa shape index (κ1) is 16.3. The molecule has 1 aromatic rings. The van der Waals surface area contributed by atoms with E-state index in [1.54, 1.807) is 6.07 Å². The molecule has 0 radical (unpaired) electrons. The zero-order chi connectivity index (χ0) is 15.4. The minimum atomic E-state index is 0.0812. The molecule has 1 aromatic carbocycles. The second kappa shape index (κ2) is 7.27. The highest BCUT2D eigenvalue weighted by Crippen LogP contribution is 2.21. The van der Waals surface area contributed by atoms with Crippen LogP contribution in [-0.2, 0) is 0 Å². The first-order valence-corrected chi connectivity index (χ1v) is 8.33. The molecule has 0 spiro atoms. The number of hydrogen-bond acceptors (Lipinski definition) is 3. The molecular formula is C16H24BrN3O. The summed E-state index contributed by atoms with van der Waals surface area (Å²) in [4.78, 5) is 16.8. The Morgan fingerprint density at radius 3 is 2.52 bits per heavy atom. The summed E-state index contributed by atoms with van der Waals surface area (Å²) >= 11 is 3.35. The molecule has 0 saturated carbocycles. The van der Waals surface area contributed by atoms with Crippen molar-refractivity contribution in [2.75, 3.05) is 38.5 Å². The van der Waals surface area contributed by atoms with Gasteiger partial charge in [0.05, 0.1) is 0 Å². The van der Waals surface area contributed by atoms with Gasteiger partial charge in [0.1, 0.15) is 0 Å². The largest absolute Gasteiger partial charge is 0.398 e. The lowest BCUT2D eigenvalue weighted by Crippen LogP contribution is -2.49. The Hall–Kier alpha value is -1.07. The van der Waals surface area contributed by atoms with E-state index in [0.717, 1.165) is 43.1 Å². The summed E-state index contributed by atoms with van der Waals surface area (Å²) < 4.78 is 0.831. The Morgan fingerprint density at radius 2 is 1.95 bits per heavy atom. The number of nitrogens with two attached hydrogens (primary N) is 1. The monoisotopic (exact) mass is 353 g/mol. The van der Waals surface area contributed by atoms with Gasteiger partial charge in [-0.1, -0.05) is 13.8 Å². The second-order valence-corrected chi connectivity index (χ2v) is 6.91. The van der Waals surface area contributed by atoms with Crippen LogP contribution < -0.4 is 5.73 Å². The number of anilines is 1. The molecule has 0 bridgehead atoms. The number of hydrogen-bond donors (Lipinski definition) is 1. The number of amides is 1. The highest BCUT2D eigenvalue weighted by molar-refractivity contribution is 9.10. The number of carbonyl (C=O) groups excluding carboxylic acids is 1. The van der Waals surface area contributed by atoms with Crippen LogP contribution in [0.1, 0.15) is 30.6 Å². The van der Waals surface area contributed by atoms with Crippen molar-refractivity contribution in [2.45, 2.75) is 20.3 Å². The van der Waals surface area contributed by atoms with E-state index in [2.05, 4.69) is 34.7 Å². The highest BCUT2D eigenvalue weighted by Gasteiger charge is 2.22. The Labute approximate surface area is 135 Å². The van der Waals surface area contributed by atoms with Crippen molar-refractivity contribution in [1.29, 1.82) is 0 Å². The number of carbonyl (C=O) groups is 1. The molecule has 21 heavy (non-hydrogen) atoms. The maximum atomic E-state index is 12.5. The van der Waals surface area contributed by atoms with Gasteiger partial charge in [-0.2, -0.15) is 0 Å². The summed E-state index contributed by atoms with van der Waals surface area (Å²) in [5.41, 5.74) is 7.13. The van der Waals surface area contributed by atoms with Crippen molar-refractivity contribution < 1.29 is 4.79 Å². The number of benzene rings is 1. The second-order valence-electron chi connectivity index (χ2n) is 6.05. The predicted molar refractivity (Wildman–Crippen MR) is 90.4 cm³/mol. The van der Waals surface area contributed by atoms with Crippen molar-refractivity contribution in [3.63, 3.8) is 0 Å². The summed E-state index contributed by atoms with van der Waals surface area (Å²) in [5.74, 6) is 0.813. The molecule has 2 rings (SSSR count). The summed E-state index contributed by atoms with van der Waals surface area (Å²) in [6.07, 6.45) is 1.22. The third kappa shape index (κ3) is 4.45. The maximum Gasteiger partial charge on any atom is 0.254 e. The molecule has 1 amide bonds. The van der Waals surface area contributed by atoms with Crippen molar-refractivity contribution >= 4 is 27.5 Å². The van der Waals surface area contributed by atoms with Crippen LogP contribution in [0.3, 0.4) is 0 Å². The minimum Gasteiger partial charge on any atom is -0.398 e. The van der Waals surface area contributed by atoms with Gasteiger partial charge in [0.15, 0.2) is 0 Å².